The predicted octanol–water partition coefficient (Wildman–Crippen LogP) is 2.31. The van der Waals surface area contributed by atoms with E-state index in [1.165, 1.54) is 0 Å². The van der Waals surface area contributed by atoms with Crippen molar-refractivity contribution in [3.05, 3.63) is 29.8 Å². The Bertz CT molecular complexity index is 405. The van der Waals surface area contributed by atoms with Crippen LogP contribution < -0.4 is 10.1 Å². The third-order valence-electron chi connectivity index (χ3n) is 2.16. The summed E-state index contributed by atoms with van der Waals surface area (Å²) < 4.78 is 40.6. The number of ether oxygens (including phenoxy) is 1. The van der Waals surface area contributed by atoms with Crippen molar-refractivity contribution in [3.63, 3.8) is 0 Å². The molecule has 0 saturated heterocycles. The van der Waals surface area contributed by atoms with Gasteiger partial charge in [-0.25, -0.2) is 0 Å². The van der Waals surface area contributed by atoms with Crippen LogP contribution in [-0.2, 0) is 11.2 Å². The van der Waals surface area contributed by atoms with Gasteiger partial charge in [-0.05, 0) is 24.1 Å². The Balaban J connectivity index is 2.38. The lowest BCUT2D eigenvalue weighted by atomic mass is 10.2. The summed E-state index contributed by atoms with van der Waals surface area (Å²) >= 11 is 0. The number of rotatable bonds is 5. The highest BCUT2D eigenvalue weighted by atomic mass is 19.4. The molecule has 100 valence electrons. The van der Waals surface area contributed by atoms with E-state index in [0.29, 0.717) is 5.75 Å². The van der Waals surface area contributed by atoms with Crippen molar-refractivity contribution in [3.8, 4) is 5.75 Å². The van der Waals surface area contributed by atoms with Crippen LogP contribution in [0.1, 0.15) is 12.5 Å². The number of alkyl halides is 3. The van der Waals surface area contributed by atoms with E-state index < -0.39 is 25.2 Å². The van der Waals surface area contributed by atoms with Gasteiger partial charge in [0.15, 0.2) is 6.61 Å². The number of amides is 1. The minimum atomic E-state index is -4.40. The van der Waals surface area contributed by atoms with Crippen LogP contribution in [0.2, 0.25) is 0 Å². The molecule has 3 nitrogen and oxygen atoms in total. The van der Waals surface area contributed by atoms with E-state index in [9.17, 15) is 18.0 Å². The Morgan fingerprint density at radius 1 is 1.39 bits per heavy atom. The van der Waals surface area contributed by atoms with Gasteiger partial charge in [0.2, 0.25) is 0 Å². The second-order valence-electron chi connectivity index (χ2n) is 3.68. The average molecular weight is 261 g/mol. The summed E-state index contributed by atoms with van der Waals surface area (Å²) in [5, 5.41) is 1.73. The van der Waals surface area contributed by atoms with Crippen molar-refractivity contribution in [1.82, 2.24) is 5.32 Å². The number of carbonyl (C=O) groups is 1. The van der Waals surface area contributed by atoms with Crippen molar-refractivity contribution < 1.29 is 22.7 Å². The number of halogens is 3. The van der Waals surface area contributed by atoms with Crippen LogP contribution in [0, 0.1) is 0 Å². The van der Waals surface area contributed by atoms with E-state index in [1.54, 1.807) is 23.5 Å². The molecule has 0 fully saturated rings. The molecule has 1 rings (SSSR count). The smallest absolute Gasteiger partial charge is 0.405 e. The lowest BCUT2D eigenvalue weighted by Gasteiger charge is -2.10. The largest absolute Gasteiger partial charge is 0.484 e. The summed E-state index contributed by atoms with van der Waals surface area (Å²) in [7, 11) is 0. The first-order valence-electron chi connectivity index (χ1n) is 5.46. The zero-order chi connectivity index (χ0) is 13.6. The third kappa shape index (κ3) is 5.56. The number of aryl methyl sites for hydroxylation is 1. The van der Waals surface area contributed by atoms with Gasteiger partial charge in [-0.15, -0.1) is 0 Å². The highest BCUT2D eigenvalue weighted by Crippen LogP contribution is 2.14. The maximum absolute atomic E-state index is 11.8. The average Bonchev–Trinajstić information content (AvgIpc) is 2.33. The Kier molecular flexibility index (Phi) is 5.00. The molecule has 1 N–H and O–H groups in total. The van der Waals surface area contributed by atoms with Crippen molar-refractivity contribution in [2.75, 3.05) is 13.2 Å². The first-order valence-corrected chi connectivity index (χ1v) is 5.46. The molecular weight excluding hydrogens is 247 g/mol. The lowest BCUT2D eigenvalue weighted by Crippen LogP contribution is -2.36. The SMILES string of the molecule is CCc1cccc(OCC(=O)NCC(F)(F)F)c1. The maximum Gasteiger partial charge on any atom is 0.405 e. The van der Waals surface area contributed by atoms with Crippen LogP contribution in [0.3, 0.4) is 0 Å². The zero-order valence-electron chi connectivity index (χ0n) is 9.88. The van der Waals surface area contributed by atoms with Crippen LogP contribution in [0.5, 0.6) is 5.75 Å². The number of hydrogen-bond acceptors (Lipinski definition) is 2. The number of hydrogen-bond donors (Lipinski definition) is 1. The van der Waals surface area contributed by atoms with Gasteiger partial charge in [0.05, 0.1) is 0 Å². The van der Waals surface area contributed by atoms with Gasteiger partial charge in [-0.1, -0.05) is 19.1 Å². The second kappa shape index (κ2) is 6.28. The molecular formula is C12H14F3NO2. The molecule has 0 aliphatic carbocycles. The van der Waals surface area contributed by atoms with Crippen molar-refractivity contribution in [2.24, 2.45) is 0 Å². The number of benzene rings is 1. The van der Waals surface area contributed by atoms with E-state index in [0.717, 1.165) is 12.0 Å². The first-order chi connectivity index (χ1) is 8.40. The van der Waals surface area contributed by atoms with Crippen molar-refractivity contribution >= 4 is 5.91 Å². The van der Waals surface area contributed by atoms with Crippen LogP contribution in [0.25, 0.3) is 0 Å². The van der Waals surface area contributed by atoms with Gasteiger partial charge >= 0.3 is 6.18 Å². The van der Waals surface area contributed by atoms with Gasteiger partial charge in [0.1, 0.15) is 12.3 Å². The molecule has 0 radical (unpaired) electrons. The summed E-state index contributed by atoms with van der Waals surface area (Å²) in [6, 6.07) is 7.06. The molecule has 1 aromatic rings. The van der Waals surface area contributed by atoms with Crippen molar-refractivity contribution in [2.45, 2.75) is 19.5 Å². The van der Waals surface area contributed by atoms with E-state index in [1.807, 2.05) is 13.0 Å². The monoisotopic (exact) mass is 261 g/mol. The number of carbonyl (C=O) groups excluding carboxylic acids is 1. The minimum Gasteiger partial charge on any atom is -0.484 e. The summed E-state index contributed by atoms with van der Waals surface area (Å²) in [5.41, 5.74) is 1.03. The van der Waals surface area contributed by atoms with Crippen LogP contribution in [0.4, 0.5) is 13.2 Å². The molecule has 0 aliphatic rings. The van der Waals surface area contributed by atoms with Gasteiger partial charge in [-0.3, -0.25) is 4.79 Å². The minimum absolute atomic E-state index is 0.427. The second-order valence-corrected chi connectivity index (χ2v) is 3.68. The van der Waals surface area contributed by atoms with E-state index in [-0.39, 0.29) is 0 Å². The van der Waals surface area contributed by atoms with Gasteiger partial charge in [0, 0.05) is 0 Å². The summed E-state index contributed by atoms with van der Waals surface area (Å²) in [5.74, 6) is -0.328. The van der Waals surface area contributed by atoms with E-state index in [4.69, 9.17) is 4.74 Å². The molecule has 0 atom stereocenters. The summed E-state index contributed by atoms with van der Waals surface area (Å²) in [6.07, 6.45) is -3.59. The summed E-state index contributed by atoms with van der Waals surface area (Å²) in [6.45, 7) is 0.197. The zero-order valence-corrected chi connectivity index (χ0v) is 9.88. The maximum atomic E-state index is 11.8. The molecule has 0 bridgehead atoms. The fraction of sp³-hybridized carbons (Fsp3) is 0.417. The standard InChI is InChI=1S/C12H14F3NO2/c1-2-9-4-3-5-10(6-9)18-7-11(17)16-8-12(13,14)15/h3-6H,2,7-8H2,1H3,(H,16,17). The molecule has 1 aromatic carbocycles. The van der Waals surface area contributed by atoms with Crippen LogP contribution in [0.15, 0.2) is 24.3 Å². The third-order valence-corrected chi connectivity index (χ3v) is 2.16. The fourth-order valence-corrected chi connectivity index (χ4v) is 1.25. The molecule has 0 heterocycles. The molecule has 6 heteroatoms. The van der Waals surface area contributed by atoms with Gasteiger partial charge in [0.25, 0.3) is 5.91 Å². The normalized spacial score (nSPS) is 11.1. The van der Waals surface area contributed by atoms with E-state index in [2.05, 4.69) is 0 Å². The van der Waals surface area contributed by atoms with Gasteiger partial charge in [-0.2, -0.15) is 13.2 Å². The Morgan fingerprint density at radius 2 is 2.11 bits per heavy atom. The first kappa shape index (κ1) is 14.3. The highest BCUT2D eigenvalue weighted by Gasteiger charge is 2.27. The Labute approximate surface area is 103 Å². The highest BCUT2D eigenvalue weighted by molar-refractivity contribution is 5.77. The predicted molar refractivity (Wildman–Crippen MR) is 60.4 cm³/mol. The fourth-order valence-electron chi connectivity index (χ4n) is 1.25. The molecule has 0 aromatic heterocycles. The topological polar surface area (TPSA) is 38.3 Å². The van der Waals surface area contributed by atoms with Crippen LogP contribution in [-0.4, -0.2) is 25.2 Å². The van der Waals surface area contributed by atoms with Gasteiger partial charge < -0.3 is 10.1 Å². The molecule has 1 amide bonds. The van der Waals surface area contributed by atoms with E-state index >= 15 is 0 Å². The molecule has 18 heavy (non-hydrogen) atoms. The van der Waals surface area contributed by atoms with Crippen LogP contribution >= 0.6 is 0 Å². The lowest BCUT2D eigenvalue weighted by molar-refractivity contribution is -0.139. The Morgan fingerprint density at radius 3 is 2.72 bits per heavy atom. The molecule has 0 saturated carbocycles. The number of nitrogens with one attached hydrogen (secondary N) is 1. The molecule has 0 unspecified atom stereocenters. The quantitative estimate of drug-likeness (QED) is 0.883. The molecule has 0 spiro atoms. The Hall–Kier alpha value is -1.72. The molecule has 0 aliphatic heterocycles. The summed E-state index contributed by atoms with van der Waals surface area (Å²) in [4.78, 5) is 11.1. The van der Waals surface area contributed by atoms with Crippen molar-refractivity contribution in [1.29, 1.82) is 0 Å².